The normalized spacial score (nSPS) is 13.4. The van der Waals surface area contributed by atoms with Crippen molar-refractivity contribution in [3.05, 3.63) is 59.7 Å². The Bertz CT molecular complexity index is 761. The maximum absolute atomic E-state index is 5.32. The lowest BCUT2D eigenvalue weighted by Gasteiger charge is -2.22. The minimum Gasteiger partial charge on any atom is -0.497 e. The van der Waals surface area contributed by atoms with Crippen LogP contribution >= 0.6 is 0 Å². The monoisotopic (exact) mass is 380 g/mol. The third-order valence-electron chi connectivity index (χ3n) is 3.85. The maximum atomic E-state index is 5.32. The molecular weight excluding hydrogens is 348 g/mol. The Kier molecular flexibility index (Phi) is 6.65. The van der Waals surface area contributed by atoms with Gasteiger partial charge in [-0.15, -0.1) is 0 Å². The van der Waals surface area contributed by atoms with E-state index in [0.717, 1.165) is 34.0 Å². The van der Waals surface area contributed by atoms with Crippen molar-refractivity contribution >= 4 is 11.4 Å². The second-order valence-electron chi connectivity index (χ2n) is 8.72. The average Bonchev–Trinajstić information content (AvgIpc) is 2.63. The van der Waals surface area contributed by atoms with Crippen molar-refractivity contribution in [2.24, 2.45) is 9.98 Å². The molecule has 2 aromatic carbocycles. The zero-order chi connectivity index (χ0) is 20.9. The van der Waals surface area contributed by atoms with Crippen LogP contribution in [0.25, 0.3) is 0 Å². The summed E-state index contributed by atoms with van der Waals surface area (Å²) in [5.74, 6) is 1.63. The molecule has 0 aliphatic heterocycles. The lowest BCUT2D eigenvalue weighted by molar-refractivity contribution is 0.414. The summed E-state index contributed by atoms with van der Waals surface area (Å²) in [5.41, 5.74) is 3.26. The van der Waals surface area contributed by atoms with Crippen LogP contribution in [-0.2, 0) is 0 Å². The molecule has 0 fully saturated rings. The molecule has 2 aromatic rings. The molecule has 0 bridgehead atoms. The minimum atomic E-state index is -0.250. The average molecular weight is 381 g/mol. The molecule has 2 rings (SSSR count). The standard InChI is InChI=1S/C24H32N2O2/c1-23(2,3)25-21(17-9-13-19(27-7)14-10-17)22(26-24(4,5)6)18-11-15-20(28-8)16-12-18/h9-16H,1-8H3. The van der Waals surface area contributed by atoms with Gasteiger partial charge in [0.1, 0.15) is 11.5 Å². The van der Waals surface area contributed by atoms with Crippen molar-refractivity contribution in [1.82, 2.24) is 0 Å². The Morgan fingerprint density at radius 1 is 0.571 bits per heavy atom. The van der Waals surface area contributed by atoms with Gasteiger partial charge in [0, 0.05) is 11.1 Å². The van der Waals surface area contributed by atoms with E-state index in [0.29, 0.717) is 0 Å². The summed E-state index contributed by atoms with van der Waals surface area (Å²) in [7, 11) is 3.34. The first-order chi connectivity index (χ1) is 13.0. The summed E-state index contributed by atoms with van der Waals surface area (Å²) >= 11 is 0. The second kappa shape index (κ2) is 8.59. The Balaban J connectivity index is 2.70. The molecule has 0 unspecified atom stereocenters. The van der Waals surface area contributed by atoms with Crippen LogP contribution in [-0.4, -0.2) is 36.7 Å². The van der Waals surface area contributed by atoms with Crippen molar-refractivity contribution in [1.29, 1.82) is 0 Å². The number of rotatable bonds is 5. The summed E-state index contributed by atoms with van der Waals surface area (Å²) in [6.07, 6.45) is 0. The predicted octanol–water partition coefficient (Wildman–Crippen LogP) is 5.58. The smallest absolute Gasteiger partial charge is 0.118 e. The summed E-state index contributed by atoms with van der Waals surface area (Å²) < 4.78 is 10.6. The van der Waals surface area contributed by atoms with E-state index in [-0.39, 0.29) is 11.1 Å². The van der Waals surface area contributed by atoms with E-state index in [9.17, 15) is 0 Å². The Morgan fingerprint density at radius 2 is 0.857 bits per heavy atom. The zero-order valence-corrected chi connectivity index (χ0v) is 18.3. The highest BCUT2D eigenvalue weighted by atomic mass is 16.5. The van der Waals surface area contributed by atoms with Crippen LogP contribution in [0.5, 0.6) is 11.5 Å². The third kappa shape index (κ3) is 6.22. The minimum absolute atomic E-state index is 0.250. The Morgan fingerprint density at radius 3 is 1.07 bits per heavy atom. The van der Waals surface area contributed by atoms with Crippen molar-refractivity contribution in [3.8, 4) is 11.5 Å². The van der Waals surface area contributed by atoms with Gasteiger partial charge >= 0.3 is 0 Å². The number of ether oxygens (including phenoxy) is 2. The molecule has 4 nitrogen and oxygen atoms in total. The summed E-state index contributed by atoms with van der Waals surface area (Å²) in [6, 6.07) is 15.9. The highest BCUT2D eigenvalue weighted by molar-refractivity contribution is 6.53. The molecule has 0 radical (unpaired) electrons. The molecule has 0 spiro atoms. The van der Waals surface area contributed by atoms with Crippen LogP contribution in [0.3, 0.4) is 0 Å². The Hall–Kier alpha value is -2.62. The summed E-state index contributed by atoms with van der Waals surface area (Å²) in [5, 5.41) is 0. The molecule has 150 valence electrons. The number of nitrogens with zero attached hydrogens (tertiary/aromatic N) is 2. The highest BCUT2D eigenvalue weighted by Crippen LogP contribution is 2.22. The van der Waals surface area contributed by atoms with E-state index in [1.54, 1.807) is 14.2 Å². The Labute approximate surface area is 169 Å². The van der Waals surface area contributed by atoms with Crippen molar-refractivity contribution in [3.63, 3.8) is 0 Å². The van der Waals surface area contributed by atoms with Gasteiger partial charge in [0.25, 0.3) is 0 Å². The number of hydrogen-bond acceptors (Lipinski definition) is 4. The van der Waals surface area contributed by atoms with E-state index in [1.807, 2.05) is 48.5 Å². The highest BCUT2D eigenvalue weighted by Gasteiger charge is 2.21. The number of methoxy groups -OCH3 is 2. The van der Waals surface area contributed by atoms with Crippen LogP contribution in [0.15, 0.2) is 58.5 Å². The first kappa shape index (κ1) is 21.7. The molecule has 0 atom stereocenters. The van der Waals surface area contributed by atoms with Crippen LogP contribution in [0.1, 0.15) is 52.7 Å². The molecule has 0 saturated heterocycles. The van der Waals surface area contributed by atoms with E-state index in [4.69, 9.17) is 19.5 Å². The number of benzene rings is 2. The van der Waals surface area contributed by atoms with Crippen molar-refractivity contribution in [2.75, 3.05) is 14.2 Å². The fraction of sp³-hybridized carbons (Fsp3) is 0.417. The predicted molar refractivity (Wildman–Crippen MR) is 119 cm³/mol. The SMILES string of the molecule is COc1ccc(C(=NC(C)(C)C)C(=NC(C)(C)C)c2ccc(OC)cc2)cc1. The van der Waals surface area contributed by atoms with E-state index >= 15 is 0 Å². The second-order valence-corrected chi connectivity index (χ2v) is 8.72. The molecule has 28 heavy (non-hydrogen) atoms. The molecule has 0 heterocycles. The molecule has 0 amide bonds. The largest absolute Gasteiger partial charge is 0.497 e. The molecule has 0 N–H and O–H groups in total. The molecular formula is C24H32N2O2. The topological polar surface area (TPSA) is 43.2 Å². The first-order valence-corrected chi connectivity index (χ1v) is 9.51. The van der Waals surface area contributed by atoms with Gasteiger partial charge in [-0.3, -0.25) is 9.98 Å². The zero-order valence-electron chi connectivity index (χ0n) is 18.3. The maximum Gasteiger partial charge on any atom is 0.118 e. The number of hydrogen-bond donors (Lipinski definition) is 0. The first-order valence-electron chi connectivity index (χ1n) is 9.51. The number of aliphatic imine (C=N–C) groups is 2. The van der Waals surface area contributed by atoms with E-state index in [2.05, 4.69) is 41.5 Å². The molecule has 0 aromatic heterocycles. The lowest BCUT2D eigenvalue weighted by atomic mass is 9.96. The van der Waals surface area contributed by atoms with Gasteiger partial charge in [-0.25, -0.2) is 0 Å². The van der Waals surface area contributed by atoms with Crippen LogP contribution < -0.4 is 9.47 Å². The fourth-order valence-electron chi connectivity index (χ4n) is 2.68. The van der Waals surface area contributed by atoms with Gasteiger partial charge in [0.05, 0.1) is 36.7 Å². The van der Waals surface area contributed by atoms with E-state index in [1.165, 1.54) is 0 Å². The van der Waals surface area contributed by atoms with Gasteiger partial charge in [0.2, 0.25) is 0 Å². The van der Waals surface area contributed by atoms with Crippen molar-refractivity contribution < 1.29 is 9.47 Å². The molecule has 0 aliphatic carbocycles. The lowest BCUT2D eigenvalue weighted by Crippen LogP contribution is -2.26. The van der Waals surface area contributed by atoms with Crippen LogP contribution in [0.4, 0.5) is 0 Å². The van der Waals surface area contributed by atoms with Gasteiger partial charge in [-0.2, -0.15) is 0 Å². The van der Waals surface area contributed by atoms with Crippen LogP contribution in [0.2, 0.25) is 0 Å². The van der Waals surface area contributed by atoms with Gasteiger partial charge in [-0.05, 0) is 90.1 Å². The molecule has 4 heteroatoms. The summed E-state index contributed by atoms with van der Waals surface area (Å²) in [4.78, 5) is 10.1. The third-order valence-corrected chi connectivity index (χ3v) is 3.85. The summed E-state index contributed by atoms with van der Waals surface area (Å²) in [6.45, 7) is 12.6. The van der Waals surface area contributed by atoms with Crippen molar-refractivity contribution in [2.45, 2.75) is 52.6 Å². The quantitative estimate of drug-likeness (QED) is 0.636. The van der Waals surface area contributed by atoms with Gasteiger partial charge in [-0.1, -0.05) is 0 Å². The van der Waals surface area contributed by atoms with Crippen LogP contribution in [0, 0.1) is 0 Å². The molecule has 0 saturated carbocycles. The van der Waals surface area contributed by atoms with E-state index < -0.39 is 0 Å². The van der Waals surface area contributed by atoms with Gasteiger partial charge < -0.3 is 9.47 Å². The van der Waals surface area contributed by atoms with Gasteiger partial charge in [0.15, 0.2) is 0 Å². The fourth-order valence-corrected chi connectivity index (χ4v) is 2.68. The molecule has 0 aliphatic rings.